The van der Waals surface area contributed by atoms with Gasteiger partial charge in [-0.1, -0.05) is 31.9 Å². The average molecular weight is 368 g/mol. The van der Waals surface area contributed by atoms with Crippen molar-refractivity contribution in [2.75, 3.05) is 13.2 Å². The van der Waals surface area contributed by atoms with E-state index in [0.717, 1.165) is 14.5 Å². The van der Waals surface area contributed by atoms with E-state index in [2.05, 4.69) is 31.9 Å². The number of carboxylic acid groups (broad SMARTS) is 1. The Labute approximate surface area is 116 Å². The quantitative estimate of drug-likeness (QED) is 0.839. The molecular weight excluding hydrogens is 356 g/mol. The summed E-state index contributed by atoms with van der Waals surface area (Å²) in [5, 5.41) is 18.3. The van der Waals surface area contributed by atoms with E-state index in [1.807, 2.05) is 13.0 Å². The summed E-state index contributed by atoms with van der Waals surface area (Å²) in [5.41, 5.74) is 1.70. The topological polar surface area (TPSA) is 66.8 Å². The number of hydrogen-bond acceptors (Lipinski definition) is 3. The van der Waals surface area contributed by atoms with Gasteiger partial charge in [-0.05, 0) is 30.2 Å². The van der Waals surface area contributed by atoms with Crippen LogP contribution in [0, 0.1) is 6.92 Å². The molecule has 0 aliphatic carbocycles. The van der Waals surface area contributed by atoms with E-state index in [9.17, 15) is 9.90 Å². The van der Waals surface area contributed by atoms with E-state index in [4.69, 9.17) is 9.84 Å². The van der Waals surface area contributed by atoms with Gasteiger partial charge in [0.05, 0.1) is 6.61 Å². The smallest absolute Gasteiger partial charge is 0.329 e. The lowest BCUT2D eigenvalue weighted by atomic mass is 10.1. The summed E-state index contributed by atoms with van der Waals surface area (Å²) in [4.78, 5) is 10.3. The maximum absolute atomic E-state index is 10.3. The molecule has 4 nitrogen and oxygen atoms in total. The van der Waals surface area contributed by atoms with Crippen molar-refractivity contribution < 1.29 is 19.7 Å². The number of ether oxygens (including phenoxy) is 1. The standard InChI is InChI=1S/C11H12Br2O4/c1-6-2-9(13)7(3-8(6)12)10(14)4-17-5-11(15)16/h2-3,10,14H,4-5H2,1H3,(H,15,16). The number of aliphatic hydroxyl groups is 1. The third kappa shape index (κ3) is 4.39. The van der Waals surface area contributed by atoms with Crippen molar-refractivity contribution in [3.63, 3.8) is 0 Å². The maximum Gasteiger partial charge on any atom is 0.329 e. The molecule has 0 saturated heterocycles. The zero-order valence-corrected chi connectivity index (χ0v) is 12.3. The Morgan fingerprint density at radius 1 is 1.41 bits per heavy atom. The highest BCUT2D eigenvalue weighted by Crippen LogP contribution is 2.29. The second kappa shape index (κ2) is 6.49. The van der Waals surface area contributed by atoms with Gasteiger partial charge in [0.15, 0.2) is 0 Å². The minimum absolute atomic E-state index is 0.0552. The molecule has 0 bridgehead atoms. The first-order valence-electron chi connectivity index (χ1n) is 4.85. The number of benzene rings is 1. The first kappa shape index (κ1) is 14.6. The van der Waals surface area contributed by atoms with E-state index in [-0.39, 0.29) is 6.61 Å². The minimum atomic E-state index is -1.05. The average Bonchev–Trinajstić information content (AvgIpc) is 2.22. The Morgan fingerprint density at radius 2 is 2.06 bits per heavy atom. The third-order valence-electron chi connectivity index (χ3n) is 2.14. The number of aryl methyl sites for hydroxylation is 1. The normalized spacial score (nSPS) is 12.5. The zero-order chi connectivity index (χ0) is 13.0. The van der Waals surface area contributed by atoms with E-state index in [0.29, 0.717) is 5.56 Å². The number of carbonyl (C=O) groups is 1. The van der Waals surface area contributed by atoms with Gasteiger partial charge in [-0.25, -0.2) is 4.79 Å². The lowest BCUT2D eigenvalue weighted by Gasteiger charge is -2.14. The highest BCUT2D eigenvalue weighted by molar-refractivity contribution is 9.11. The summed E-state index contributed by atoms with van der Waals surface area (Å²) in [7, 11) is 0. The third-order valence-corrected chi connectivity index (χ3v) is 3.68. The molecule has 0 aliphatic heterocycles. The fourth-order valence-corrected chi connectivity index (χ4v) is 2.35. The van der Waals surface area contributed by atoms with Crippen molar-refractivity contribution in [1.29, 1.82) is 0 Å². The molecule has 0 aromatic heterocycles. The van der Waals surface area contributed by atoms with Gasteiger partial charge in [-0.15, -0.1) is 0 Å². The Hall–Kier alpha value is -0.430. The van der Waals surface area contributed by atoms with Crippen molar-refractivity contribution in [3.05, 3.63) is 32.2 Å². The lowest BCUT2D eigenvalue weighted by molar-refractivity contribution is -0.143. The molecule has 0 radical (unpaired) electrons. The number of hydrogen-bond donors (Lipinski definition) is 2. The molecule has 0 aliphatic rings. The van der Waals surface area contributed by atoms with Gasteiger partial charge in [-0.3, -0.25) is 0 Å². The van der Waals surface area contributed by atoms with Crippen LogP contribution in [0.2, 0.25) is 0 Å². The fraction of sp³-hybridized carbons (Fsp3) is 0.364. The summed E-state index contributed by atoms with van der Waals surface area (Å²) in [6.45, 7) is 1.47. The Morgan fingerprint density at radius 3 is 2.65 bits per heavy atom. The highest BCUT2D eigenvalue weighted by atomic mass is 79.9. The molecule has 0 fully saturated rings. The van der Waals surface area contributed by atoms with Crippen molar-refractivity contribution in [3.8, 4) is 0 Å². The molecule has 1 aromatic rings. The zero-order valence-electron chi connectivity index (χ0n) is 9.11. The van der Waals surface area contributed by atoms with Crippen LogP contribution in [0.1, 0.15) is 17.2 Å². The van der Waals surface area contributed by atoms with Crippen LogP contribution in [-0.4, -0.2) is 29.4 Å². The maximum atomic E-state index is 10.3. The predicted molar refractivity (Wildman–Crippen MR) is 70.0 cm³/mol. The first-order chi connectivity index (χ1) is 7.91. The van der Waals surface area contributed by atoms with Crippen LogP contribution in [0.25, 0.3) is 0 Å². The molecule has 1 rings (SSSR count). The van der Waals surface area contributed by atoms with Gasteiger partial charge in [0.25, 0.3) is 0 Å². The van der Waals surface area contributed by atoms with Gasteiger partial charge in [0.2, 0.25) is 0 Å². The molecule has 1 unspecified atom stereocenters. The minimum Gasteiger partial charge on any atom is -0.480 e. The molecule has 94 valence electrons. The SMILES string of the molecule is Cc1cc(Br)c(C(O)COCC(=O)O)cc1Br. The van der Waals surface area contributed by atoms with Crippen LogP contribution in [-0.2, 0) is 9.53 Å². The van der Waals surface area contributed by atoms with Crippen molar-refractivity contribution in [2.45, 2.75) is 13.0 Å². The molecule has 0 spiro atoms. The van der Waals surface area contributed by atoms with Crippen LogP contribution in [0.5, 0.6) is 0 Å². The van der Waals surface area contributed by atoms with Crippen LogP contribution in [0.3, 0.4) is 0 Å². The van der Waals surface area contributed by atoms with Crippen molar-refractivity contribution in [1.82, 2.24) is 0 Å². The molecule has 1 atom stereocenters. The Balaban J connectivity index is 2.71. The monoisotopic (exact) mass is 366 g/mol. The van der Waals surface area contributed by atoms with E-state index in [1.54, 1.807) is 6.07 Å². The molecule has 17 heavy (non-hydrogen) atoms. The summed E-state index contributed by atoms with van der Waals surface area (Å²) in [6, 6.07) is 3.66. The summed E-state index contributed by atoms with van der Waals surface area (Å²) in [6.07, 6.45) is -0.861. The summed E-state index contributed by atoms with van der Waals surface area (Å²) in [5.74, 6) is -1.05. The van der Waals surface area contributed by atoms with Crippen LogP contribution >= 0.6 is 31.9 Å². The molecule has 1 aromatic carbocycles. The summed E-state index contributed by atoms with van der Waals surface area (Å²) < 4.78 is 6.50. The van der Waals surface area contributed by atoms with Gasteiger partial charge in [0, 0.05) is 8.95 Å². The number of aliphatic hydroxyl groups excluding tert-OH is 1. The Bertz CT molecular complexity index is 420. The summed E-state index contributed by atoms with van der Waals surface area (Å²) >= 11 is 6.72. The molecule has 0 saturated carbocycles. The predicted octanol–water partition coefficient (Wildman–Crippen LogP) is 2.65. The second-order valence-electron chi connectivity index (χ2n) is 3.55. The van der Waals surface area contributed by atoms with Crippen molar-refractivity contribution >= 4 is 37.8 Å². The number of halogens is 2. The van der Waals surface area contributed by atoms with Gasteiger partial charge < -0.3 is 14.9 Å². The van der Waals surface area contributed by atoms with Crippen LogP contribution < -0.4 is 0 Å². The fourth-order valence-electron chi connectivity index (χ4n) is 1.26. The molecular formula is C11H12Br2O4. The van der Waals surface area contributed by atoms with E-state index in [1.165, 1.54) is 0 Å². The largest absolute Gasteiger partial charge is 0.480 e. The second-order valence-corrected chi connectivity index (χ2v) is 5.26. The number of carboxylic acids is 1. The highest BCUT2D eigenvalue weighted by Gasteiger charge is 2.14. The van der Waals surface area contributed by atoms with E-state index >= 15 is 0 Å². The molecule has 2 N–H and O–H groups in total. The first-order valence-corrected chi connectivity index (χ1v) is 6.43. The molecule has 0 heterocycles. The Kier molecular flexibility index (Phi) is 5.58. The number of rotatable bonds is 5. The lowest BCUT2D eigenvalue weighted by Crippen LogP contribution is -2.13. The van der Waals surface area contributed by atoms with E-state index < -0.39 is 18.7 Å². The molecule has 0 amide bonds. The van der Waals surface area contributed by atoms with Gasteiger partial charge >= 0.3 is 5.97 Å². The van der Waals surface area contributed by atoms with Gasteiger partial charge in [-0.2, -0.15) is 0 Å². The number of aliphatic carboxylic acids is 1. The van der Waals surface area contributed by atoms with Gasteiger partial charge in [0.1, 0.15) is 12.7 Å². The van der Waals surface area contributed by atoms with Crippen molar-refractivity contribution in [2.24, 2.45) is 0 Å². The molecule has 6 heteroatoms. The van der Waals surface area contributed by atoms with Crippen LogP contribution in [0.4, 0.5) is 0 Å². The van der Waals surface area contributed by atoms with Crippen LogP contribution in [0.15, 0.2) is 21.1 Å².